The van der Waals surface area contributed by atoms with Gasteiger partial charge >= 0.3 is 0 Å². The van der Waals surface area contributed by atoms with Crippen LogP contribution in [0.4, 0.5) is 0 Å². The lowest BCUT2D eigenvalue weighted by atomic mass is 9.94. The Morgan fingerprint density at radius 1 is 0.560 bits per heavy atom. The molecule has 2 aliphatic heterocycles. The van der Waals surface area contributed by atoms with E-state index in [1.807, 2.05) is 0 Å². The summed E-state index contributed by atoms with van der Waals surface area (Å²) in [6.07, 6.45) is 4.02. The summed E-state index contributed by atoms with van der Waals surface area (Å²) in [4.78, 5) is 12.6. The van der Waals surface area contributed by atoms with E-state index in [2.05, 4.69) is 46.9 Å². The number of carbonyl (C=O) groups excluding carboxylic acids is 1. The van der Waals surface area contributed by atoms with Crippen molar-refractivity contribution >= 4 is 5.91 Å². The number of amides is 1. The molecule has 0 aliphatic carbocycles. The lowest BCUT2D eigenvalue weighted by molar-refractivity contribution is -0.358. The second kappa shape index (κ2) is 27.6. The minimum atomic E-state index is -1.18. The van der Waals surface area contributed by atoms with Crippen LogP contribution < -0.4 is 5.32 Å². The third-order valence-corrected chi connectivity index (χ3v) is 8.98. The molecule has 0 radical (unpaired) electrons. The Kier molecular flexibility index (Phi) is 25.0. The van der Waals surface area contributed by atoms with Crippen LogP contribution in [0.3, 0.4) is 0 Å². The molecule has 2 N–H and O–H groups in total. The second-order valence-corrected chi connectivity index (χ2v) is 13.6. The van der Waals surface area contributed by atoms with Crippen LogP contribution in [0.15, 0.2) is 0 Å². The fraction of sp³-hybridized carbons (Fsp3) is 0.974. The van der Waals surface area contributed by atoms with Crippen molar-refractivity contribution in [1.29, 1.82) is 0 Å². The first-order valence-corrected chi connectivity index (χ1v) is 19.9. The van der Waals surface area contributed by atoms with E-state index in [1.165, 1.54) is 6.92 Å². The minimum Gasteiger partial charge on any atom is -0.385 e. The smallest absolute Gasteiger partial charge is 0.217 e. The van der Waals surface area contributed by atoms with E-state index in [4.69, 9.17) is 42.6 Å². The predicted molar refractivity (Wildman–Crippen MR) is 192 cm³/mol. The van der Waals surface area contributed by atoms with Crippen LogP contribution in [0.1, 0.15) is 126 Å². The molecule has 2 fully saturated rings. The highest BCUT2D eigenvalue weighted by Gasteiger charge is 2.53. The van der Waals surface area contributed by atoms with E-state index < -0.39 is 61.3 Å². The lowest BCUT2D eigenvalue weighted by Gasteiger charge is -2.49. The van der Waals surface area contributed by atoms with Crippen LogP contribution in [0, 0.1) is 0 Å². The fourth-order valence-corrected chi connectivity index (χ4v) is 5.95. The molecule has 0 bridgehead atoms. The quantitative estimate of drug-likeness (QED) is 0.0924. The molecule has 12 heteroatoms. The van der Waals surface area contributed by atoms with E-state index in [0.29, 0.717) is 39.6 Å². The molecule has 0 saturated carbocycles. The number of aliphatic hydroxyl groups excluding tert-OH is 1. The normalized spacial score (nSPS) is 30.1. The Morgan fingerprint density at radius 3 is 1.48 bits per heavy atom. The minimum absolute atomic E-state index is 0.213. The maximum atomic E-state index is 12.6. The summed E-state index contributed by atoms with van der Waals surface area (Å²) in [5.41, 5.74) is 0. The summed E-state index contributed by atoms with van der Waals surface area (Å²) in [5, 5.41) is 15.0. The Hall–Kier alpha value is -0.930. The molecule has 2 heterocycles. The van der Waals surface area contributed by atoms with Gasteiger partial charge in [0, 0.05) is 46.6 Å². The fourth-order valence-electron chi connectivity index (χ4n) is 5.95. The number of ether oxygens (including phenoxy) is 9. The number of carbonyl (C=O) groups is 1. The van der Waals surface area contributed by atoms with E-state index in [-0.39, 0.29) is 19.1 Å². The number of rotatable bonds is 29. The molecule has 50 heavy (non-hydrogen) atoms. The number of hydrogen-bond acceptors (Lipinski definition) is 11. The first-order valence-electron chi connectivity index (χ1n) is 19.9. The first-order chi connectivity index (χ1) is 24.4. The third kappa shape index (κ3) is 16.0. The number of nitrogens with one attached hydrogen (secondary N) is 1. The Labute approximate surface area is 303 Å². The molecule has 0 aromatic heterocycles. The Balaban J connectivity index is 2.51. The van der Waals surface area contributed by atoms with Gasteiger partial charge in [-0.3, -0.25) is 4.79 Å². The first kappa shape index (κ1) is 45.2. The molecule has 12 nitrogen and oxygen atoms in total. The molecule has 1 amide bonds. The van der Waals surface area contributed by atoms with E-state index in [9.17, 15) is 9.90 Å². The van der Waals surface area contributed by atoms with Crippen molar-refractivity contribution in [2.45, 2.75) is 187 Å². The van der Waals surface area contributed by atoms with Crippen molar-refractivity contribution in [3.05, 3.63) is 0 Å². The van der Waals surface area contributed by atoms with Crippen LogP contribution in [0.25, 0.3) is 0 Å². The van der Waals surface area contributed by atoms with Gasteiger partial charge in [-0.15, -0.1) is 0 Å². The molecule has 2 rings (SSSR count). The number of hydrogen-bond donors (Lipinski definition) is 2. The molecular weight excluding hydrogens is 646 g/mol. The van der Waals surface area contributed by atoms with E-state index in [1.54, 1.807) is 0 Å². The molecule has 0 spiro atoms. The number of aliphatic hydroxyl groups is 1. The molecule has 10 unspecified atom stereocenters. The summed E-state index contributed by atoms with van der Waals surface area (Å²) in [5.74, 6) is -0.238. The predicted octanol–water partition coefficient (Wildman–Crippen LogP) is 5.69. The van der Waals surface area contributed by atoms with Gasteiger partial charge in [-0.25, -0.2) is 0 Å². The van der Waals surface area contributed by atoms with Gasteiger partial charge in [-0.05, 0) is 38.5 Å². The van der Waals surface area contributed by atoms with Gasteiger partial charge in [0.25, 0.3) is 0 Å². The molecule has 2 aliphatic rings. The highest BCUT2D eigenvalue weighted by atomic mass is 16.7. The van der Waals surface area contributed by atoms with Gasteiger partial charge in [0.15, 0.2) is 12.6 Å². The van der Waals surface area contributed by atoms with Crippen LogP contribution in [-0.4, -0.2) is 125 Å². The molecule has 2 saturated heterocycles. The summed E-state index contributed by atoms with van der Waals surface area (Å²) < 4.78 is 57.7. The highest BCUT2D eigenvalue weighted by Crippen LogP contribution is 2.33. The number of unbranched alkanes of at least 4 members (excludes halogenated alkanes) is 6. The standard InChI is InChI=1S/C38H73NO11/c1-8-14-20-42-26-29-33(44-22-16-10-3)36(46-24-18-12-5)32(41)38(49-29)50-34-30(27-43-21-15-9-2)48-37(47-25-19-13-6)31(39-28(7)40)35(34)45-23-17-11-4/h29-38,41H,8-27H2,1-7H3,(H,39,40). The van der Waals surface area contributed by atoms with Crippen molar-refractivity contribution in [3.63, 3.8) is 0 Å². The Bertz CT molecular complexity index is 839. The third-order valence-electron chi connectivity index (χ3n) is 8.98. The molecule has 10 atom stereocenters. The van der Waals surface area contributed by atoms with Crippen molar-refractivity contribution < 1.29 is 52.5 Å². The van der Waals surface area contributed by atoms with Gasteiger partial charge < -0.3 is 53.1 Å². The van der Waals surface area contributed by atoms with Crippen molar-refractivity contribution in [2.75, 3.05) is 52.9 Å². The van der Waals surface area contributed by atoms with Crippen LogP contribution in [0.5, 0.6) is 0 Å². The maximum absolute atomic E-state index is 12.6. The molecule has 296 valence electrons. The largest absolute Gasteiger partial charge is 0.385 e. The van der Waals surface area contributed by atoms with Crippen LogP contribution in [0.2, 0.25) is 0 Å². The van der Waals surface area contributed by atoms with Crippen molar-refractivity contribution in [1.82, 2.24) is 5.32 Å². The van der Waals surface area contributed by atoms with E-state index in [0.717, 1.165) is 77.0 Å². The van der Waals surface area contributed by atoms with Crippen LogP contribution in [-0.2, 0) is 47.4 Å². The van der Waals surface area contributed by atoms with Crippen LogP contribution >= 0.6 is 0 Å². The highest BCUT2D eigenvalue weighted by molar-refractivity contribution is 5.73. The van der Waals surface area contributed by atoms with Gasteiger partial charge in [0.2, 0.25) is 5.91 Å². The van der Waals surface area contributed by atoms with E-state index >= 15 is 0 Å². The lowest BCUT2D eigenvalue weighted by Crippen LogP contribution is -2.68. The average molecular weight is 720 g/mol. The molecule has 0 aromatic carbocycles. The zero-order valence-corrected chi connectivity index (χ0v) is 32.4. The SMILES string of the molecule is CCCCOCC1OC(OC2C(COCCCC)OC(OCCCC)C(NC(C)=O)C2OCCCC)C(O)C(OCCCC)C1OCCCC. The van der Waals surface area contributed by atoms with Gasteiger partial charge in [0.05, 0.1) is 13.2 Å². The zero-order valence-electron chi connectivity index (χ0n) is 32.4. The summed E-state index contributed by atoms with van der Waals surface area (Å²) >= 11 is 0. The zero-order chi connectivity index (χ0) is 36.6. The monoisotopic (exact) mass is 720 g/mol. The van der Waals surface area contributed by atoms with Gasteiger partial charge in [-0.1, -0.05) is 80.1 Å². The van der Waals surface area contributed by atoms with Gasteiger partial charge in [0.1, 0.15) is 48.8 Å². The second-order valence-electron chi connectivity index (χ2n) is 13.6. The Morgan fingerprint density at radius 2 is 0.980 bits per heavy atom. The molecule has 0 aromatic rings. The molecular formula is C38H73NO11. The van der Waals surface area contributed by atoms with Gasteiger partial charge in [-0.2, -0.15) is 0 Å². The average Bonchev–Trinajstić information content (AvgIpc) is 3.10. The van der Waals surface area contributed by atoms with Crippen molar-refractivity contribution in [3.8, 4) is 0 Å². The summed E-state index contributed by atoms with van der Waals surface area (Å²) in [7, 11) is 0. The maximum Gasteiger partial charge on any atom is 0.217 e. The summed E-state index contributed by atoms with van der Waals surface area (Å²) in [6.45, 7) is 17.6. The topological polar surface area (TPSA) is 132 Å². The summed E-state index contributed by atoms with van der Waals surface area (Å²) in [6, 6.07) is -0.672. The van der Waals surface area contributed by atoms with Crippen molar-refractivity contribution in [2.24, 2.45) is 0 Å².